The van der Waals surface area contributed by atoms with E-state index >= 15 is 0 Å². The molecule has 0 atom stereocenters. The summed E-state index contributed by atoms with van der Waals surface area (Å²) in [5, 5.41) is 2.83. The zero-order valence-corrected chi connectivity index (χ0v) is 12.1. The van der Waals surface area contributed by atoms with Gasteiger partial charge in [0.2, 0.25) is 0 Å². The smallest absolute Gasteiger partial charge is 0.259 e. The van der Waals surface area contributed by atoms with E-state index in [9.17, 15) is 4.79 Å². The van der Waals surface area contributed by atoms with Gasteiger partial charge >= 0.3 is 0 Å². The van der Waals surface area contributed by atoms with Crippen LogP contribution in [0.5, 0.6) is 11.5 Å². The van der Waals surface area contributed by atoms with Crippen molar-refractivity contribution in [1.82, 2.24) is 0 Å². The van der Waals surface area contributed by atoms with Crippen LogP contribution in [0.4, 0.5) is 5.69 Å². The zero-order chi connectivity index (χ0) is 15.2. The van der Waals surface area contributed by atoms with Crippen molar-refractivity contribution in [3.63, 3.8) is 0 Å². The number of ether oxygens (including phenoxy) is 2. The SMILES string of the molecule is COc1ccc(OC)c(C(=O)Nc2cccc(CN)c2)c1. The van der Waals surface area contributed by atoms with Gasteiger partial charge in [-0.3, -0.25) is 4.79 Å². The largest absolute Gasteiger partial charge is 0.497 e. The average molecular weight is 286 g/mol. The van der Waals surface area contributed by atoms with Crippen LogP contribution in [0.25, 0.3) is 0 Å². The first-order valence-electron chi connectivity index (χ1n) is 6.50. The molecule has 110 valence electrons. The molecule has 5 nitrogen and oxygen atoms in total. The molecule has 0 aliphatic heterocycles. The van der Waals surface area contributed by atoms with Gasteiger partial charge in [-0.15, -0.1) is 0 Å². The molecule has 3 N–H and O–H groups in total. The van der Waals surface area contributed by atoms with Gasteiger partial charge < -0.3 is 20.5 Å². The first-order valence-corrected chi connectivity index (χ1v) is 6.50. The lowest BCUT2D eigenvalue weighted by atomic mass is 10.1. The van der Waals surface area contributed by atoms with E-state index in [1.807, 2.05) is 24.3 Å². The second kappa shape index (κ2) is 6.76. The molecule has 2 aromatic rings. The molecule has 2 aromatic carbocycles. The summed E-state index contributed by atoms with van der Waals surface area (Å²) >= 11 is 0. The summed E-state index contributed by atoms with van der Waals surface area (Å²) in [6, 6.07) is 12.5. The fourth-order valence-electron chi connectivity index (χ4n) is 1.97. The van der Waals surface area contributed by atoms with Gasteiger partial charge in [-0.1, -0.05) is 12.1 Å². The molecule has 0 saturated heterocycles. The number of nitrogens with two attached hydrogens (primary N) is 1. The third-order valence-corrected chi connectivity index (χ3v) is 3.07. The molecule has 0 heterocycles. The number of hydrogen-bond acceptors (Lipinski definition) is 4. The van der Waals surface area contributed by atoms with Gasteiger partial charge in [0.05, 0.1) is 19.8 Å². The Hall–Kier alpha value is -2.53. The van der Waals surface area contributed by atoms with Crippen LogP contribution in [-0.4, -0.2) is 20.1 Å². The van der Waals surface area contributed by atoms with Crippen LogP contribution in [0.3, 0.4) is 0 Å². The van der Waals surface area contributed by atoms with Crippen molar-refractivity contribution >= 4 is 11.6 Å². The second-order valence-corrected chi connectivity index (χ2v) is 4.42. The fourth-order valence-corrected chi connectivity index (χ4v) is 1.97. The number of benzene rings is 2. The van der Waals surface area contributed by atoms with E-state index in [4.69, 9.17) is 15.2 Å². The molecule has 0 aliphatic rings. The summed E-state index contributed by atoms with van der Waals surface area (Å²) < 4.78 is 10.4. The minimum atomic E-state index is -0.264. The van der Waals surface area contributed by atoms with Crippen molar-refractivity contribution in [2.24, 2.45) is 5.73 Å². The van der Waals surface area contributed by atoms with Crippen molar-refractivity contribution < 1.29 is 14.3 Å². The lowest BCUT2D eigenvalue weighted by Gasteiger charge is -2.11. The first-order chi connectivity index (χ1) is 10.2. The third kappa shape index (κ3) is 3.52. The number of hydrogen-bond donors (Lipinski definition) is 2. The van der Waals surface area contributed by atoms with E-state index in [1.165, 1.54) is 7.11 Å². The van der Waals surface area contributed by atoms with Crippen molar-refractivity contribution in [2.75, 3.05) is 19.5 Å². The van der Waals surface area contributed by atoms with Gasteiger partial charge in [-0.25, -0.2) is 0 Å². The van der Waals surface area contributed by atoms with Crippen LogP contribution < -0.4 is 20.5 Å². The Kier molecular flexibility index (Phi) is 4.79. The number of carbonyl (C=O) groups excluding carboxylic acids is 1. The molecule has 0 bridgehead atoms. The second-order valence-electron chi connectivity index (χ2n) is 4.42. The van der Waals surface area contributed by atoms with Gasteiger partial charge in [0.1, 0.15) is 11.5 Å². The normalized spacial score (nSPS) is 10.0. The van der Waals surface area contributed by atoms with Crippen molar-refractivity contribution in [3.8, 4) is 11.5 Å². The Balaban J connectivity index is 2.26. The Bertz CT molecular complexity index is 641. The molecule has 0 aromatic heterocycles. The molecule has 21 heavy (non-hydrogen) atoms. The fraction of sp³-hybridized carbons (Fsp3) is 0.188. The molecule has 5 heteroatoms. The van der Waals surface area contributed by atoms with Crippen LogP contribution in [0, 0.1) is 0 Å². The summed E-state index contributed by atoms with van der Waals surface area (Å²) in [7, 11) is 3.07. The van der Waals surface area contributed by atoms with Gasteiger partial charge in [0, 0.05) is 12.2 Å². The Morgan fingerprint density at radius 2 is 1.95 bits per heavy atom. The van der Waals surface area contributed by atoms with E-state index in [-0.39, 0.29) is 5.91 Å². The lowest BCUT2D eigenvalue weighted by Crippen LogP contribution is -2.13. The molecular formula is C16H18N2O3. The van der Waals surface area contributed by atoms with E-state index in [0.29, 0.717) is 29.3 Å². The monoisotopic (exact) mass is 286 g/mol. The molecule has 0 radical (unpaired) electrons. The van der Waals surface area contributed by atoms with Crippen LogP contribution >= 0.6 is 0 Å². The predicted molar refractivity (Wildman–Crippen MR) is 81.8 cm³/mol. The standard InChI is InChI=1S/C16H18N2O3/c1-20-13-6-7-15(21-2)14(9-13)16(19)18-12-5-3-4-11(8-12)10-17/h3-9H,10,17H2,1-2H3,(H,18,19). The highest BCUT2D eigenvalue weighted by atomic mass is 16.5. The quantitative estimate of drug-likeness (QED) is 0.885. The van der Waals surface area contributed by atoms with Gasteiger partial charge in [-0.2, -0.15) is 0 Å². The summed E-state index contributed by atoms with van der Waals surface area (Å²) in [4.78, 5) is 12.4. The molecule has 1 amide bonds. The van der Waals surface area contributed by atoms with Crippen LogP contribution in [0.2, 0.25) is 0 Å². The number of anilines is 1. The summed E-state index contributed by atoms with van der Waals surface area (Å²) in [6.45, 7) is 0.423. The molecule has 0 aliphatic carbocycles. The highest BCUT2D eigenvalue weighted by Gasteiger charge is 2.14. The highest BCUT2D eigenvalue weighted by Crippen LogP contribution is 2.25. The summed E-state index contributed by atoms with van der Waals surface area (Å²) in [5.41, 5.74) is 7.64. The number of methoxy groups -OCH3 is 2. The minimum absolute atomic E-state index is 0.264. The molecule has 0 fully saturated rings. The van der Waals surface area contributed by atoms with Crippen LogP contribution in [0.15, 0.2) is 42.5 Å². The topological polar surface area (TPSA) is 73.6 Å². The van der Waals surface area contributed by atoms with Gasteiger partial charge in [-0.05, 0) is 35.9 Å². The lowest BCUT2D eigenvalue weighted by molar-refractivity contribution is 0.102. The van der Waals surface area contributed by atoms with Crippen molar-refractivity contribution in [3.05, 3.63) is 53.6 Å². The van der Waals surface area contributed by atoms with Crippen molar-refractivity contribution in [2.45, 2.75) is 6.54 Å². The minimum Gasteiger partial charge on any atom is -0.497 e. The molecule has 2 rings (SSSR count). The van der Waals surface area contributed by atoms with Crippen LogP contribution in [-0.2, 0) is 6.54 Å². The molecule has 0 saturated carbocycles. The first kappa shape index (κ1) is 14.9. The highest BCUT2D eigenvalue weighted by molar-refractivity contribution is 6.06. The van der Waals surface area contributed by atoms with Crippen molar-refractivity contribution in [1.29, 1.82) is 0 Å². The van der Waals surface area contributed by atoms with Gasteiger partial charge in [0.25, 0.3) is 5.91 Å². The van der Waals surface area contributed by atoms with E-state index < -0.39 is 0 Å². The van der Waals surface area contributed by atoms with E-state index in [1.54, 1.807) is 25.3 Å². The molecule has 0 spiro atoms. The number of carbonyl (C=O) groups is 1. The van der Waals surface area contributed by atoms with Gasteiger partial charge in [0.15, 0.2) is 0 Å². The Labute approximate surface area is 123 Å². The maximum atomic E-state index is 12.4. The summed E-state index contributed by atoms with van der Waals surface area (Å²) in [6.07, 6.45) is 0. The number of nitrogens with one attached hydrogen (secondary N) is 1. The average Bonchev–Trinajstić information content (AvgIpc) is 2.54. The van der Waals surface area contributed by atoms with Crippen LogP contribution in [0.1, 0.15) is 15.9 Å². The zero-order valence-electron chi connectivity index (χ0n) is 12.1. The van der Waals surface area contributed by atoms with E-state index in [2.05, 4.69) is 5.32 Å². The molecule has 0 unspecified atom stereocenters. The third-order valence-electron chi connectivity index (χ3n) is 3.07. The molecular weight excluding hydrogens is 268 g/mol. The maximum Gasteiger partial charge on any atom is 0.259 e. The predicted octanol–water partition coefficient (Wildman–Crippen LogP) is 2.41. The summed E-state index contributed by atoms with van der Waals surface area (Å²) in [5.74, 6) is 0.819. The number of rotatable bonds is 5. The Morgan fingerprint density at radius 3 is 2.62 bits per heavy atom. The maximum absolute atomic E-state index is 12.4. The number of amides is 1. The Morgan fingerprint density at radius 1 is 1.14 bits per heavy atom. The van der Waals surface area contributed by atoms with E-state index in [0.717, 1.165) is 5.56 Å².